The first kappa shape index (κ1) is 18.1. The molecule has 0 spiro atoms. The summed E-state index contributed by atoms with van der Waals surface area (Å²) in [5.41, 5.74) is 3.49. The van der Waals surface area contributed by atoms with Crippen molar-refractivity contribution in [3.05, 3.63) is 107 Å². The summed E-state index contributed by atoms with van der Waals surface area (Å²) in [6.45, 7) is 1.88. The van der Waals surface area contributed by atoms with E-state index in [0.29, 0.717) is 0 Å². The molecule has 0 aliphatic carbocycles. The maximum absolute atomic E-state index is 6.40. The average Bonchev–Trinajstić information content (AvgIpc) is 3.43. The van der Waals surface area contributed by atoms with E-state index >= 15 is 0 Å². The number of rotatable bonds is 4. The fourth-order valence-corrected chi connectivity index (χ4v) is 4.24. The molecule has 0 saturated carbocycles. The van der Waals surface area contributed by atoms with Gasteiger partial charge in [0, 0.05) is 34.5 Å². The standard InChI is InChI=1S/C25H21BrN2O/c26-20-13-11-19(12-14-20)23-15-16-24(29-23)25-27(21-7-3-1-4-8-21)17-18-28(25)22-9-5-2-6-10-22/h1-16,25H,17-18H2. The number of furan rings is 1. The van der Waals surface area contributed by atoms with Gasteiger partial charge in [-0.25, -0.2) is 0 Å². The lowest BCUT2D eigenvalue weighted by Gasteiger charge is -2.31. The lowest BCUT2D eigenvalue weighted by molar-refractivity contribution is 0.476. The molecule has 1 aromatic heterocycles. The minimum atomic E-state index is 0.0176. The molecule has 0 atom stereocenters. The maximum atomic E-state index is 6.40. The average molecular weight is 445 g/mol. The number of anilines is 2. The molecular weight excluding hydrogens is 424 g/mol. The highest BCUT2D eigenvalue weighted by atomic mass is 79.9. The van der Waals surface area contributed by atoms with Crippen LogP contribution in [0.25, 0.3) is 11.3 Å². The summed E-state index contributed by atoms with van der Waals surface area (Å²) in [4.78, 5) is 4.83. The summed E-state index contributed by atoms with van der Waals surface area (Å²) in [5, 5.41) is 0. The van der Waals surface area contributed by atoms with Gasteiger partial charge >= 0.3 is 0 Å². The van der Waals surface area contributed by atoms with E-state index in [1.165, 1.54) is 11.4 Å². The van der Waals surface area contributed by atoms with Crippen molar-refractivity contribution in [1.29, 1.82) is 0 Å². The van der Waals surface area contributed by atoms with Crippen LogP contribution < -0.4 is 9.80 Å². The molecule has 3 nitrogen and oxygen atoms in total. The highest BCUT2D eigenvalue weighted by Crippen LogP contribution is 2.39. The van der Waals surface area contributed by atoms with Gasteiger partial charge in [0.1, 0.15) is 11.5 Å². The van der Waals surface area contributed by atoms with Crippen LogP contribution in [0.2, 0.25) is 0 Å². The van der Waals surface area contributed by atoms with Crippen LogP contribution in [0.5, 0.6) is 0 Å². The molecule has 1 fully saturated rings. The predicted octanol–water partition coefficient (Wildman–Crippen LogP) is 6.73. The van der Waals surface area contributed by atoms with Gasteiger partial charge in [-0.2, -0.15) is 0 Å². The second-order valence-electron chi connectivity index (χ2n) is 7.14. The number of para-hydroxylation sites is 2. The molecule has 0 unspecified atom stereocenters. The van der Waals surface area contributed by atoms with Crippen molar-refractivity contribution in [3.8, 4) is 11.3 Å². The van der Waals surface area contributed by atoms with E-state index in [1.807, 2.05) is 12.1 Å². The van der Waals surface area contributed by atoms with Gasteiger partial charge in [-0.1, -0.05) is 64.5 Å². The van der Waals surface area contributed by atoms with Crippen molar-refractivity contribution in [3.63, 3.8) is 0 Å². The zero-order valence-electron chi connectivity index (χ0n) is 15.9. The SMILES string of the molecule is Brc1ccc(-c2ccc(C3N(c4ccccc4)CCN3c3ccccc3)o2)cc1. The number of hydrogen-bond acceptors (Lipinski definition) is 3. The first-order valence-electron chi connectivity index (χ1n) is 9.79. The van der Waals surface area contributed by atoms with Crippen LogP contribution in [-0.4, -0.2) is 13.1 Å². The minimum absolute atomic E-state index is 0.0176. The molecule has 144 valence electrons. The summed E-state index contributed by atoms with van der Waals surface area (Å²) < 4.78 is 7.46. The van der Waals surface area contributed by atoms with Gasteiger partial charge in [0.15, 0.2) is 6.17 Å². The topological polar surface area (TPSA) is 19.6 Å². The normalized spacial score (nSPS) is 14.5. The Balaban J connectivity index is 1.55. The second-order valence-corrected chi connectivity index (χ2v) is 8.06. The molecule has 1 saturated heterocycles. The van der Waals surface area contributed by atoms with Crippen LogP contribution in [0.3, 0.4) is 0 Å². The van der Waals surface area contributed by atoms with Crippen molar-refractivity contribution < 1.29 is 4.42 Å². The fourth-order valence-electron chi connectivity index (χ4n) is 3.98. The second kappa shape index (κ2) is 7.80. The van der Waals surface area contributed by atoms with Crippen molar-refractivity contribution in [1.82, 2.24) is 0 Å². The number of halogens is 1. The molecule has 4 heteroatoms. The lowest BCUT2D eigenvalue weighted by atomic mass is 10.2. The van der Waals surface area contributed by atoms with E-state index in [-0.39, 0.29) is 6.17 Å². The van der Waals surface area contributed by atoms with Crippen LogP contribution in [0.1, 0.15) is 11.9 Å². The van der Waals surface area contributed by atoms with Crippen LogP contribution in [0.4, 0.5) is 11.4 Å². The Morgan fingerprint density at radius 1 is 0.655 bits per heavy atom. The molecule has 5 rings (SSSR count). The molecule has 1 aliphatic rings. The van der Waals surface area contributed by atoms with E-state index in [0.717, 1.165) is 34.6 Å². The molecule has 29 heavy (non-hydrogen) atoms. The molecule has 4 aromatic rings. The minimum Gasteiger partial charge on any atom is -0.457 e. The Bertz CT molecular complexity index is 1030. The maximum Gasteiger partial charge on any atom is 0.162 e. The zero-order chi connectivity index (χ0) is 19.6. The Hall–Kier alpha value is -2.98. The van der Waals surface area contributed by atoms with E-state index in [9.17, 15) is 0 Å². The Kier molecular flexibility index (Phi) is 4.86. The van der Waals surface area contributed by atoms with Gasteiger partial charge in [-0.15, -0.1) is 0 Å². The van der Waals surface area contributed by atoms with E-state index in [2.05, 4.69) is 111 Å². The molecular formula is C25H21BrN2O. The van der Waals surface area contributed by atoms with Gasteiger partial charge in [0.2, 0.25) is 0 Å². The largest absolute Gasteiger partial charge is 0.457 e. The molecule has 3 aromatic carbocycles. The van der Waals surface area contributed by atoms with Gasteiger partial charge in [0.25, 0.3) is 0 Å². The van der Waals surface area contributed by atoms with Gasteiger partial charge in [-0.05, 0) is 48.5 Å². The molecule has 0 N–H and O–H groups in total. The highest BCUT2D eigenvalue weighted by molar-refractivity contribution is 9.10. The molecule has 0 bridgehead atoms. The van der Waals surface area contributed by atoms with E-state index in [4.69, 9.17) is 4.42 Å². The summed E-state index contributed by atoms with van der Waals surface area (Å²) in [6.07, 6.45) is 0.0176. The molecule has 2 heterocycles. The van der Waals surface area contributed by atoms with Gasteiger partial charge < -0.3 is 14.2 Å². The molecule has 0 amide bonds. The Morgan fingerprint density at radius 3 is 1.76 bits per heavy atom. The molecule has 1 aliphatic heterocycles. The van der Waals surface area contributed by atoms with Crippen LogP contribution >= 0.6 is 15.9 Å². The van der Waals surface area contributed by atoms with Crippen LogP contribution in [-0.2, 0) is 0 Å². The first-order valence-corrected chi connectivity index (χ1v) is 10.6. The summed E-state index contributed by atoms with van der Waals surface area (Å²) in [6, 6.07) is 33.6. The quantitative estimate of drug-likeness (QED) is 0.347. The third-order valence-electron chi connectivity index (χ3n) is 5.36. The third kappa shape index (κ3) is 3.56. The summed E-state index contributed by atoms with van der Waals surface area (Å²) in [5.74, 6) is 1.84. The van der Waals surface area contributed by atoms with Crippen molar-refractivity contribution in [2.24, 2.45) is 0 Å². The van der Waals surface area contributed by atoms with Crippen molar-refractivity contribution in [2.45, 2.75) is 6.17 Å². The summed E-state index contributed by atoms with van der Waals surface area (Å²) >= 11 is 3.50. The van der Waals surface area contributed by atoms with Gasteiger partial charge in [-0.3, -0.25) is 0 Å². The smallest absolute Gasteiger partial charge is 0.162 e. The number of hydrogen-bond donors (Lipinski definition) is 0. The van der Waals surface area contributed by atoms with E-state index in [1.54, 1.807) is 0 Å². The number of nitrogens with zero attached hydrogens (tertiary/aromatic N) is 2. The first-order chi connectivity index (χ1) is 14.3. The predicted molar refractivity (Wildman–Crippen MR) is 122 cm³/mol. The zero-order valence-corrected chi connectivity index (χ0v) is 17.5. The lowest BCUT2D eigenvalue weighted by Crippen LogP contribution is -2.30. The van der Waals surface area contributed by atoms with Crippen LogP contribution in [0.15, 0.2) is 106 Å². The summed E-state index contributed by atoms with van der Waals surface area (Å²) in [7, 11) is 0. The Labute approximate surface area is 179 Å². The number of benzene rings is 3. The van der Waals surface area contributed by atoms with Gasteiger partial charge in [0.05, 0.1) is 0 Å². The van der Waals surface area contributed by atoms with Crippen LogP contribution in [0, 0.1) is 0 Å². The fraction of sp³-hybridized carbons (Fsp3) is 0.120. The van der Waals surface area contributed by atoms with Crippen molar-refractivity contribution in [2.75, 3.05) is 22.9 Å². The highest BCUT2D eigenvalue weighted by Gasteiger charge is 2.35. The third-order valence-corrected chi connectivity index (χ3v) is 5.89. The molecule has 0 radical (unpaired) electrons. The van der Waals surface area contributed by atoms with E-state index < -0.39 is 0 Å². The Morgan fingerprint density at radius 2 is 1.21 bits per heavy atom. The van der Waals surface area contributed by atoms with Crippen molar-refractivity contribution >= 4 is 27.3 Å². The monoisotopic (exact) mass is 444 g/mol.